The van der Waals surface area contributed by atoms with Crippen molar-refractivity contribution in [1.82, 2.24) is 10.2 Å². The highest BCUT2D eigenvalue weighted by atomic mass is 16.4. The summed E-state index contributed by atoms with van der Waals surface area (Å²) < 4.78 is 0. The van der Waals surface area contributed by atoms with Crippen molar-refractivity contribution >= 4 is 11.9 Å². The van der Waals surface area contributed by atoms with E-state index in [1.165, 1.54) is 0 Å². The Bertz CT molecular complexity index is 337. The summed E-state index contributed by atoms with van der Waals surface area (Å²) in [7, 11) is 1.70. The predicted octanol–water partition coefficient (Wildman–Crippen LogP) is -2.07. The van der Waals surface area contributed by atoms with E-state index >= 15 is 0 Å². The van der Waals surface area contributed by atoms with Gasteiger partial charge in [0.15, 0.2) is 0 Å². The Morgan fingerprint density at radius 3 is 1.95 bits per heavy atom. The van der Waals surface area contributed by atoms with E-state index in [1.54, 1.807) is 11.9 Å². The maximum Gasteiger partial charge on any atom is 0.321 e. The number of likely N-dealkylation sites (N-methyl/N-ethyl adjacent to an activating group) is 1. The van der Waals surface area contributed by atoms with Gasteiger partial charge < -0.3 is 25.7 Å². The van der Waals surface area contributed by atoms with Crippen molar-refractivity contribution in [1.29, 1.82) is 0 Å². The molecular weight excluding hydrogens is 256 g/mol. The maximum absolute atomic E-state index is 10.4. The smallest absolute Gasteiger partial charge is 0.321 e. The zero-order valence-corrected chi connectivity index (χ0v) is 10.7. The van der Waals surface area contributed by atoms with E-state index < -0.39 is 36.2 Å². The van der Waals surface area contributed by atoms with Crippen LogP contribution in [0.4, 0.5) is 0 Å². The third-order valence-corrected chi connectivity index (χ3v) is 3.22. The van der Waals surface area contributed by atoms with Crippen molar-refractivity contribution in [2.45, 2.75) is 37.1 Å². The van der Waals surface area contributed by atoms with E-state index in [9.17, 15) is 9.59 Å². The summed E-state index contributed by atoms with van der Waals surface area (Å²) in [6.07, 6.45) is -0.265. The van der Waals surface area contributed by atoms with E-state index in [1.807, 2.05) is 0 Å². The van der Waals surface area contributed by atoms with Crippen LogP contribution in [0.1, 0.15) is 12.8 Å². The maximum atomic E-state index is 10.4. The lowest BCUT2D eigenvalue weighted by molar-refractivity contribution is -0.142. The minimum Gasteiger partial charge on any atom is -0.480 e. The van der Waals surface area contributed by atoms with Crippen molar-refractivity contribution in [3.8, 4) is 0 Å². The van der Waals surface area contributed by atoms with E-state index in [0.29, 0.717) is 25.9 Å². The summed E-state index contributed by atoms with van der Waals surface area (Å²) in [5.41, 5.74) is 0. The van der Waals surface area contributed by atoms with Crippen LogP contribution < -0.4 is 5.32 Å². The quantitative estimate of drug-likeness (QED) is 0.389. The molecule has 0 aromatic heterocycles. The Morgan fingerprint density at radius 1 is 1.11 bits per heavy atom. The summed E-state index contributed by atoms with van der Waals surface area (Å²) in [5, 5.41) is 37.4. The second-order valence-corrected chi connectivity index (χ2v) is 4.87. The molecule has 8 nitrogen and oxygen atoms in total. The van der Waals surface area contributed by atoms with Crippen LogP contribution >= 0.6 is 0 Å². The van der Waals surface area contributed by atoms with E-state index in [2.05, 4.69) is 5.32 Å². The minimum absolute atomic E-state index is 0.329. The molecule has 19 heavy (non-hydrogen) atoms. The topological polar surface area (TPSA) is 130 Å². The van der Waals surface area contributed by atoms with Gasteiger partial charge in [-0.15, -0.1) is 0 Å². The van der Waals surface area contributed by atoms with Crippen molar-refractivity contribution in [2.75, 3.05) is 20.1 Å². The number of aliphatic hydroxyl groups excluding tert-OH is 2. The Hall–Kier alpha value is -1.22. The molecule has 8 heteroatoms. The van der Waals surface area contributed by atoms with E-state index in [0.717, 1.165) is 0 Å². The lowest BCUT2D eigenvalue weighted by atomic mass is 10.2. The van der Waals surface area contributed by atoms with Crippen LogP contribution in [0.2, 0.25) is 0 Å². The summed E-state index contributed by atoms with van der Waals surface area (Å²) >= 11 is 0. The average molecular weight is 276 g/mol. The first kappa shape index (κ1) is 15.8. The molecule has 2 fully saturated rings. The number of carboxylic acid groups (broad SMARTS) is 2. The number of carboxylic acids is 2. The Kier molecular flexibility index (Phi) is 5.67. The number of aliphatic hydroxyl groups is 2. The van der Waals surface area contributed by atoms with Crippen LogP contribution in [-0.2, 0) is 9.59 Å². The van der Waals surface area contributed by atoms with Gasteiger partial charge in [0, 0.05) is 25.9 Å². The minimum atomic E-state index is -0.883. The number of β-amino-alcohol motifs (C(OH)–C–C–N with tert-alkyl or cyclic N) is 2. The molecule has 2 aliphatic heterocycles. The van der Waals surface area contributed by atoms with Crippen LogP contribution in [0, 0.1) is 0 Å². The SMILES string of the molecule is CN1C[C@@H](O)C[C@H]1C(=O)O.O=C(O)[C@@H]1C[C@H](O)CN1. The molecule has 110 valence electrons. The molecule has 0 aromatic carbocycles. The highest BCUT2D eigenvalue weighted by Crippen LogP contribution is 2.14. The first-order valence-corrected chi connectivity index (χ1v) is 6.06. The molecule has 0 unspecified atom stereocenters. The molecule has 2 saturated heterocycles. The predicted molar refractivity (Wildman–Crippen MR) is 64.7 cm³/mol. The molecule has 5 N–H and O–H groups in total. The summed E-state index contributed by atoms with van der Waals surface area (Å²) in [4.78, 5) is 22.2. The molecule has 0 radical (unpaired) electrons. The Morgan fingerprint density at radius 2 is 1.74 bits per heavy atom. The van der Waals surface area contributed by atoms with Gasteiger partial charge in [-0.05, 0) is 7.05 Å². The fourth-order valence-corrected chi connectivity index (χ4v) is 2.17. The summed E-state index contributed by atoms with van der Waals surface area (Å²) in [6, 6.07) is -1.03. The number of carbonyl (C=O) groups is 2. The van der Waals surface area contributed by atoms with Crippen molar-refractivity contribution < 1.29 is 30.0 Å². The molecule has 0 aromatic rings. The monoisotopic (exact) mass is 276 g/mol. The number of nitrogens with one attached hydrogen (secondary N) is 1. The van der Waals surface area contributed by atoms with E-state index in [-0.39, 0.29) is 0 Å². The number of rotatable bonds is 2. The van der Waals surface area contributed by atoms with Crippen molar-refractivity contribution in [2.24, 2.45) is 0 Å². The third-order valence-electron chi connectivity index (χ3n) is 3.22. The number of aliphatic carboxylic acids is 2. The fraction of sp³-hybridized carbons (Fsp3) is 0.818. The van der Waals surface area contributed by atoms with Crippen LogP contribution in [0.25, 0.3) is 0 Å². The largest absolute Gasteiger partial charge is 0.480 e. The summed E-state index contributed by atoms with van der Waals surface area (Å²) in [5.74, 6) is -1.73. The number of hydrogen-bond donors (Lipinski definition) is 5. The lowest BCUT2D eigenvalue weighted by Crippen LogP contribution is -2.32. The third kappa shape index (κ3) is 4.75. The number of nitrogens with zero attached hydrogens (tertiary/aromatic N) is 1. The molecule has 4 atom stereocenters. The van der Waals surface area contributed by atoms with Gasteiger partial charge >= 0.3 is 11.9 Å². The van der Waals surface area contributed by atoms with Crippen LogP contribution in [0.5, 0.6) is 0 Å². The highest BCUT2D eigenvalue weighted by Gasteiger charge is 2.32. The zero-order chi connectivity index (χ0) is 14.6. The average Bonchev–Trinajstić information content (AvgIpc) is 2.85. The molecule has 2 rings (SSSR count). The van der Waals surface area contributed by atoms with Gasteiger partial charge in [0.1, 0.15) is 12.1 Å². The number of hydrogen-bond acceptors (Lipinski definition) is 6. The van der Waals surface area contributed by atoms with Gasteiger partial charge in [-0.1, -0.05) is 0 Å². The lowest BCUT2D eigenvalue weighted by Gasteiger charge is -2.12. The molecular formula is C11H20N2O6. The molecule has 2 aliphatic rings. The zero-order valence-electron chi connectivity index (χ0n) is 10.7. The first-order valence-electron chi connectivity index (χ1n) is 6.06. The molecule has 0 bridgehead atoms. The van der Waals surface area contributed by atoms with Gasteiger partial charge in [0.25, 0.3) is 0 Å². The summed E-state index contributed by atoms with van der Waals surface area (Å²) in [6.45, 7) is 0.869. The molecule has 0 saturated carbocycles. The van der Waals surface area contributed by atoms with Gasteiger partial charge in [-0.25, -0.2) is 0 Å². The van der Waals surface area contributed by atoms with Gasteiger partial charge in [0.2, 0.25) is 0 Å². The molecule has 0 aliphatic carbocycles. The fourth-order valence-electron chi connectivity index (χ4n) is 2.17. The second-order valence-electron chi connectivity index (χ2n) is 4.87. The van der Waals surface area contributed by atoms with Crippen LogP contribution in [0.15, 0.2) is 0 Å². The molecule has 2 heterocycles. The second kappa shape index (κ2) is 6.80. The Labute approximate surface area is 110 Å². The van der Waals surface area contributed by atoms with E-state index in [4.69, 9.17) is 20.4 Å². The standard InChI is InChI=1S/C6H11NO3.C5H9NO3/c1-7-3-4(8)2-5(7)6(9)10;7-3-1-4(5(8)9)6-2-3/h4-5,8H,2-3H2,1H3,(H,9,10);3-4,6-7H,1-2H2,(H,8,9)/t4-,5-;3-,4-/m00/s1. The van der Waals surface area contributed by atoms with Crippen molar-refractivity contribution in [3.63, 3.8) is 0 Å². The van der Waals surface area contributed by atoms with Crippen molar-refractivity contribution in [3.05, 3.63) is 0 Å². The van der Waals surface area contributed by atoms with Crippen LogP contribution in [-0.4, -0.2) is 81.7 Å². The van der Waals surface area contributed by atoms with Gasteiger partial charge in [0.05, 0.1) is 12.2 Å². The normalized spacial score (nSPS) is 34.7. The number of likely N-dealkylation sites (tertiary alicyclic amines) is 1. The van der Waals surface area contributed by atoms with Gasteiger partial charge in [-0.3, -0.25) is 14.5 Å². The first-order chi connectivity index (χ1) is 8.81. The Balaban J connectivity index is 0.000000191. The van der Waals surface area contributed by atoms with Gasteiger partial charge in [-0.2, -0.15) is 0 Å². The van der Waals surface area contributed by atoms with Crippen LogP contribution in [0.3, 0.4) is 0 Å². The molecule has 0 spiro atoms. The highest BCUT2D eigenvalue weighted by molar-refractivity contribution is 5.74. The molecule has 0 amide bonds.